The Labute approximate surface area is 99.4 Å². The minimum absolute atomic E-state index is 0.0289. The van der Waals surface area contributed by atoms with Gasteiger partial charge in [0.05, 0.1) is 6.61 Å². The van der Waals surface area contributed by atoms with Crippen LogP contribution in [0.25, 0.3) is 0 Å². The van der Waals surface area contributed by atoms with Crippen LogP contribution >= 0.6 is 0 Å². The van der Waals surface area contributed by atoms with Crippen LogP contribution in [0, 0.1) is 5.92 Å². The number of hydrogen-bond acceptors (Lipinski definition) is 4. The van der Waals surface area contributed by atoms with Gasteiger partial charge in [-0.25, -0.2) is 0 Å². The number of nitrogens with two attached hydrogens (primary N) is 1. The molecule has 0 bridgehead atoms. The molecule has 0 saturated carbocycles. The van der Waals surface area contributed by atoms with Gasteiger partial charge in [-0.3, -0.25) is 4.90 Å². The summed E-state index contributed by atoms with van der Waals surface area (Å²) in [6, 6.07) is 0.126. The number of nitrogens with zero attached hydrogens (tertiary/aromatic N) is 2. The molecule has 96 valence electrons. The Morgan fingerprint density at radius 2 is 2.00 bits per heavy atom. The Balaban J connectivity index is 2.35. The van der Waals surface area contributed by atoms with Crippen molar-refractivity contribution in [3.05, 3.63) is 0 Å². The van der Waals surface area contributed by atoms with E-state index in [9.17, 15) is 5.11 Å². The molecule has 4 heteroatoms. The second-order valence-corrected chi connectivity index (χ2v) is 5.30. The van der Waals surface area contributed by atoms with Crippen LogP contribution in [-0.4, -0.2) is 67.3 Å². The van der Waals surface area contributed by atoms with E-state index in [1.54, 1.807) is 0 Å². The van der Waals surface area contributed by atoms with Crippen molar-refractivity contribution < 1.29 is 5.11 Å². The molecule has 2 atom stereocenters. The zero-order chi connectivity index (χ0) is 12.1. The van der Waals surface area contributed by atoms with Gasteiger partial charge >= 0.3 is 0 Å². The highest BCUT2D eigenvalue weighted by atomic mass is 16.3. The Kier molecular flexibility index (Phi) is 5.69. The first-order valence-electron chi connectivity index (χ1n) is 6.29. The molecule has 3 N–H and O–H groups in total. The van der Waals surface area contributed by atoms with Crippen LogP contribution in [0.1, 0.15) is 19.8 Å². The van der Waals surface area contributed by atoms with E-state index in [0.29, 0.717) is 0 Å². The predicted molar refractivity (Wildman–Crippen MR) is 67.4 cm³/mol. The van der Waals surface area contributed by atoms with Gasteiger partial charge in [0, 0.05) is 18.6 Å². The lowest BCUT2D eigenvalue weighted by molar-refractivity contribution is 0.0987. The van der Waals surface area contributed by atoms with E-state index >= 15 is 0 Å². The van der Waals surface area contributed by atoms with Crippen molar-refractivity contribution in [2.45, 2.75) is 31.8 Å². The van der Waals surface area contributed by atoms with Gasteiger partial charge in [-0.2, -0.15) is 0 Å². The standard InChI is InChI=1S/C12H27N3O/c1-10(13)12(9-16)15(3)8-11-4-6-14(2)7-5-11/h10-12,16H,4-9,13H2,1-3H3. The third-order valence-corrected chi connectivity index (χ3v) is 3.74. The number of likely N-dealkylation sites (tertiary alicyclic amines) is 1. The molecule has 1 heterocycles. The number of piperidine rings is 1. The normalized spacial score (nSPS) is 23.6. The van der Waals surface area contributed by atoms with E-state index in [1.165, 1.54) is 25.9 Å². The maximum Gasteiger partial charge on any atom is 0.0601 e. The highest BCUT2D eigenvalue weighted by Gasteiger charge is 2.23. The van der Waals surface area contributed by atoms with Crippen molar-refractivity contribution in [3.63, 3.8) is 0 Å². The van der Waals surface area contributed by atoms with Crippen LogP contribution in [0.4, 0.5) is 0 Å². The van der Waals surface area contributed by atoms with Crippen molar-refractivity contribution in [2.24, 2.45) is 11.7 Å². The molecule has 16 heavy (non-hydrogen) atoms. The van der Waals surface area contributed by atoms with E-state index in [1.807, 2.05) is 6.92 Å². The van der Waals surface area contributed by atoms with Gasteiger partial charge < -0.3 is 15.7 Å². The van der Waals surface area contributed by atoms with Crippen molar-refractivity contribution in [3.8, 4) is 0 Å². The van der Waals surface area contributed by atoms with Crippen molar-refractivity contribution in [1.29, 1.82) is 0 Å². The van der Waals surface area contributed by atoms with E-state index in [4.69, 9.17) is 5.73 Å². The van der Waals surface area contributed by atoms with Crippen LogP contribution in [0.3, 0.4) is 0 Å². The minimum Gasteiger partial charge on any atom is -0.395 e. The molecular formula is C12H27N3O. The average Bonchev–Trinajstić information content (AvgIpc) is 2.22. The highest BCUT2D eigenvalue weighted by molar-refractivity contribution is 4.80. The lowest BCUT2D eigenvalue weighted by Gasteiger charge is -2.35. The summed E-state index contributed by atoms with van der Waals surface area (Å²) in [6.45, 7) is 5.56. The molecule has 0 aromatic heterocycles. The smallest absolute Gasteiger partial charge is 0.0601 e. The fourth-order valence-corrected chi connectivity index (χ4v) is 2.49. The summed E-state index contributed by atoms with van der Waals surface area (Å²) in [5.74, 6) is 0.758. The molecule has 0 amide bonds. The van der Waals surface area contributed by atoms with Gasteiger partial charge in [0.25, 0.3) is 0 Å². The summed E-state index contributed by atoms with van der Waals surface area (Å²) in [6.07, 6.45) is 2.52. The molecule has 0 radical (unpaired) electrons. The molecule has 0 aromatic rings. The lowest BCUT2D eigenvalue weighted by atomic mass is 9.95. The number of hydrogen-bond donors (Lipinski definition) is 2. The van der Waals surface area contributed by atoms with Crippen LogP contribution in [-0.2, 0) is 0 Å². The van der Waals surface area contributed by atoms with Crippen LogP contribution < -0.4 is 5.73 Å². The maximum absolute atomic E-state index is 9.31. The Hall–Kier alpha value is -0.160. The molecule has 0 aliphatic carbocycles. The lowest BCUT2D eigenvalue weighted by Crippen LogP contribution is -2.49. The third kappa shape index (κ3) is 4.01. The molecule has 0 spiro atoms. The molecule has 2 unspecified atom stereocenters. The van der Waals surface area contributed by atoms with E-state index in [-0.39, 0.29) is 18.7 Å². The van der Waals surface area contributed by atoms with Gasteiger partial charge in [-0.15, -0.1) is 0 Å². The zero-order valence-corrected chi connectivity index (χ0v) is 10.9. The minimum atomic E-state index is 0.0289. The first-order chi connectivity index (χ1) is 7.54. The summed E-state index contributed by atoms with van der Waals surface area (Å²) in [5, 5.41) is 9.31. The second-order valence-electron chi connectivity index (χ2n) is 5.30. The van der Waals surface area contributed by atoms with Crippen molar-refractivity contribution >= 4 is 0 Å². The molecule has 1 saturated heterocycles. The SMILES string of the molecule is CC(N)C(CO)N(C)CC1CCN(C)CC1. The van der Waals surface area contributed by atoms with Gasteiger partial charge in [0.1, 0.15) is 0 Å². The van der Waals surface area contributed by atoms with Gasteiger partial charge in [-0.05, 0) is 52.9 Å². The Bertz CT molecular complexity index is 191. The first kappa shape index (κ1) is 13.9. The molecule has 1 fully saturated rings. The van der Waals surface area contributed by atoms with Crippen molar-refractivity contribution in [1.82, 2.24) is 9.80 Å². The highest BCUT2D eigenvalue weighted by Crippen LogP contribution is 2.18. The summed E-state index contributed by atoms with van der Waals surface area (Å²) in [7, 11) is 4.25. The number of aliphatic hydroxyl groups is 1. The molecule has 1 aliphatic rings. The fourth-order valence-electron chi connectivity index (χ4n) is 2.49. The largest absolute Gasteiger partial charge is 0.395 e. The van der Waals surface area contributed by atoms with Gasteiger partial charge in [-0.1, -0.05) is 0 Å². The molecular weight excluding hydrogens is 202 g/mol. The Morgan fingerprint density at radius 1 is 1.44 bits per heavy atom. The summed E-state index contributed by atoms with van der Waals surface area (Å²) >= 11 is 0. The van der Waals surface area contributed by atoms with Gasteiger partial charge in [0.2, 0.25) is 0 Å². The average molecular weight is 229 g/mol. The van der Waals surface area contributed by atoms with E-state index < -0.39 is 0 Å². The summed E-state index contributed by atoms with van der Waals surface area (Å²) in [4.78, 5) is 4.60. The number of aliphatic hydroxyl groups excluding tert-OH is 1. The molecule has 4 nitrogen and oxygen atoms in total. The maximum atomic E-state index is 9.31. The fraction of sp³-hybridized carbons (Fsp3) is 1.00. The van der Waals surface area contributed by atoms with Crippen LogP contribution in [0.5, 0.6) is 0 Å². The molecule has 1 rings (SSSR count). The first-order valence-corrected chi connectivity index (χ1v) is 6.29. The second kappa shape index (κ2) is 6.55. The molecule has 0 aromatic carbocycles. The van der Waals surface area contributed by atoms with Gasteiger partial charge in [0.15, 0.2) is 0 Å². The predicted octanol–water partition coefficient (Wildman–Crippen LogP) is -0.0319. The molecule has 1 aliphatic heterocycles. The number of rotatable bonds is 5. The van der Waals surface area contributed by atoms with Crippen molar-refractivity contribution in [2.75, 3.05) is 40.3 Å². The number of likely N-dealkylation sites (N-methyl/N-ethyl adjacent to an activating group) is 1. The summed E-state index contributed by atoms with van der Waals surface area (Å²) in [5.41, 5.74) is 5.87. The zero-order valence-electron chi connectivity index (χ0n) is 10.9. The van der Waals surface area contributed by atoms with E-state index in [0.717, 1.165) is 12.5 Å². The van der Waals surface area contributed by atoms with Crippen LogP contribution in [0.2, 0.25) is 0 Å². The monoisotopic (exact) mass is 229 g/mol. The van der Waals surface area contributed by atoms with Crippen LogP contribution in [0.15, 0.2) is 0 Å². The quantitative estimate of drug-likeness (QED) is 0.695. The Morgan fingerprint density at radius 3 is 2.44 bits per heavy atom. The third-order valence-electron chi connectivity index (χ3n) is 3.74. The summed E-state index contributed by atoms with van der Waals surface area (Å²) < 4.78 is 0. The topological polar surface area (TPSA) is 52.7 Å². The van der Waals surface area contributed by atoms with E-state index in [2.05, 4.69) is 23.9 Å².